The Morgan fingerprint density at radius 3 is 1.92 bits per heavy atom. The van der Waals surface area contributed by atoms with Gasteiger partial charge in [-0.1, -0.05) is 11.8 Å². The molecule has 0 amide bonds. The topological polar surface area (TPSA) is 44.8 Å². The van der Waals surface area contributed by atoms with Crippen molar-refractivity contribution in [3.63, 3.8) is 0 Å². The van der Waals surface area contributed by atoms with Crippen molar-refractivity contribution in [3.8, 4) is 24.1 Å². The van der Waals surface area contributed by atoms with E-state index in [1.807, 2.05) is 0 Å². The summed E-state index contributed by atoms with van der Waals surface area (Å²) < 4.78 is 25.3. The minimum Gasteiger partial charge on any atom is -0.341 e. The lowest BCUT2D eigenvalue weighted by atomic mass is 10.8. The standard InChI is InChI=1S/C8H11O4P/c1-4-7-11-13(9,10-6-3)12-8-5-2/h6H2,1-3H3. The van der Waals surface area contributed by atoms with Crippen molar-refractivity contribution in [2.24, 2.45) is 0 Å². The van der Waals surface area contributed by atoms with Gasteiger partial charge in [0.05, 0.1) is 6.61 Å². The van der Waals surface area contributed by atoms with Crippen LogP contribution in [0.15, 0.2) is 0 Å². The van der Waals surface area contributed by atoms with Crippen LogP contribution in [0.5, 0.6) is 0 Å². The van der Waals surface area contributed by atoms with Crippen LogP contribution < -0.4 is 0 Å². The van der Waals surface area contributed by atoms with E-state index in [1.54, 1.807) is 20.8 Å². The van der Waals surface area contributed by atoms with Crippen LogP contribution in [0.4, 0.5) is 0 Å². The molecular weight excluding hydrogens is 191 g/mol. The van der Waals surface area contributed by atoms with Gasteiger partial charge >= 0.3 is 7.82 Å². The predicted octanol–water partition coefficient (Wildman–Crippen LogP) is 2.13. The van der Waals surface area contributed by atoms with Crippen molar-refractivity contribution >= 4 is 7.82 Å². The summed E-state index contributed by atoms with van der Waals surface area (Å²) >= 11 is 0. The van der Waals surface area contributed by atoms with E-state index in [2.05, 4.69) is 33.1 Å². The summed E-state index contributed by atoms with van der Waals surface area (Å²) in [4.78, 5) is 0. The molecule has 0 aliphatic carbocycles. The lowest BCUT2D eigenvalue weighted by molar-refractivity contribution is 0.200. The fraction of sp³-hybridized carbons (Fsp3) is 0.500. The first-order valence-electron chi connectivity index (χ1n) is 3.63. The lowest BCUT2D eigenvalue weighted by Crippen LogP contribution is -1.93. The molecule has 4 nitrogen and oxygen atoms in total. The molecule has 0 aliphatic rings. The van der Waals surface area contributed by atoms with Gasteiger partial charge in [0.25, 0.3) is 0 Å². The first kappa shape index (κ1) is 11.9. The van der Waals surface area contributed by atoms with Crippen LogP contribution in [0.3, 0.4) is 0 Å². The Balaban J connectivity index is 4.36. The summed E-state index contributed by atoms with van der Waals surface area (Å²) in [7, 11) is -3.60. The van der Waals surface area contributed by atoms with Crippen LogP contribution in [-0.2, 0) is 18.1 Å². The molecule has 0 aliphatic heterocycles. The summed E-state index contributed by atoms with van der Waals surface area (Å²) in [5.41, 5.74) is 0. The van der Waals surface area contributed by atoms with Crippen molar-refractivity contribution in [3.05, 3.63) is 0 Å². The van der Waals surface area contributed by atoms with E-state index in [0.717, 1.165) is 0 Å². The second-order valence-electron chi connectivity index (χ2n) is 1.75. The van der Waals surface area contributed by atoms with E-state index in [0.29, 0.717) is 0 Å². The minimum absolute atomic E-state index is 0.202. The van der Waals surface area contributed by atoms with Gasteiger partial charge in [-0.3, -0.25) is 4.52 Å². The molecule has 0 bridgehead atoms. The predicted molar refractivity (Wildman–Crippen MR) is 48.3 cm³/mol. The maximum absolute atomic E-state index is 11.5. The van der Waals surface area contributed by atoms with E-state index in [4.69, 9.17) is 4.52 Å². The van der Waals surface area contributed by atoms with Crippen molar-refractivity contribution in [1.82, 2.24) is 0 Å². The average molecular weight is 202 g/mol. The maximum atomic E-state index is 11.5. The molecule has 0 radical (unpaired) electrons. The third-order valence-corrected chi connectivity index (χ3v) is 2.01. The SMILES string of the molecule is CC#COP(=O)(OC#CC)OCC. The Hall–Kier alpha value is -1.09. The zero-order chi connectivity index (χ0) is 10.2. The third kappa shape index (κ3) is 5.20. The zero-order valence-electron chi connectivity index (χ0n) is 7.79. The summed E-state index contributed by atoms with van der Waals surface area (Å²) in [5, 5.41) is 0. The quantitative estimate of drug-likeness (QED) is 0.517. The molecule has 0 fully saturated rings. The molecule has 0 rings (SSSR count). The van der Waals surface area contributed by atoms with Gasteiger partial charge in [-0.15, -0.1) is 0 Å². The fourth-order valence-electron chi connectivity index (χ4n) is 0.433. The molecule has 0 saturated carbocycles. The molecule has 13 heavy (non-hydrogen) atoms. The number of hydrogen-bond donors (Lipinski definition) is 0. The van der Waals surface area contributed by atoms with Gasteiger partial charge in [0.15, 0.2) is 0 Å². The summed E-state index contributed by atoms with van der Waals surface area (Å²) in [5.74, 6) is 4.81. The monoisotopic (exact) mass is 202 g/mol. The van der Waals surface area contributed by atoms with Crippen molar-refractivity contribution in [2.75, 3.05) is 6.61 Å². The van der Waals surface area contributed by atoms with Gasteiger partial charge in [-0.05, 0) is 6.92 Å². The highest BCUT2D eigenvalue weighted by Crippen LogP contribution is 2.48. The van der Waals surface area contributed by atoms with E-state index in [9.17, 15) is 4.57 Å². The van der Waals surface area contributed by atoms with Gasteiger partial charge in [-0.2, -0.15) is 0 Å². The highest BCUT2D eigenvalue weighted by atomic mass is 31.2. The zero-order valence-corrected chi connectivity index (χ0v) is 8.68. The molecule has 5 heteroatoms. The normalized spacial score (nSPS) is 8.85. The molecule has 0 N–H and O–H groups in total. The first-order chi connectivity index (χ1) is 6.18. The van der Waals surface area contributed by atoms with Crippen molar-refractivity contribution in [2.45, 2.75) is 20.8 Å². The van der Waals surface area contributed by atoms with Crippen LogP contribution in [-0.4, -0.2) is 6.61 Å². The molecular formula is C8H11O4P. The fourth-order valence-corrected chi connectivity index (χ4v) is 1.30. The summed E-state index contributed by atoms with van der Waals surface area (Å²) in [6, 6.07) is 0. The van der Waals surface area contributed by atoms with Crippen LogP contribution in [0.2, 0.25) is 0 Å². The Labute approximate surface area is 78.2 Å². The number of phosphoric ester groups is 1. The highest BCUT2D eigenvalue weighted by molar-refractivity contribution is 7.48. The highest BCUT2D eigenvalue weighted by Gasteiger charge is 2.27. The molecule has 0 aromatic rings. The number of hydrogen-bond acceptors (Lipinski definition) is 4. The summed E-state index contributed by atoms with van der Waals surface area (Å²) in [6.45, 7) is 4.95. The van der Waals surface area contributed by atoms with E-state index in [-0.39, 0.29) is 6.61 Å². The van der Waals surface area contributed by atoms with Crippen LogP contribution in [0, 0.1) is 24.1 Å². The molecule has 0 heterocycles. The van der Waals surface area contributed by atoms with E-state index < -0.39 is 7.82 Å². The average Bonchev–Trinajstić information content (AvgIpc) is 2.12. The van der Waals surface area contributed by atoms with E-state index >= 15 is 0 Å². The van der Waals surface area contributed by atoms with Crippen molar-refractivity contribution < 1.29 is 18.1 Å². The lowest BCUT2D eigenvalue weighted by Gasteiger charge is -2.09. The Kier molecular flexibility index (Phi) is 5.89. The second-order valence-corrected chi connectivity index (χ2v) is 3.27. The minimum atomic E-state index is -3.60. The van der Waals surface area contributed by atoms with Crippen molar-refractivity contribution in [1.29, 1.82) is 0 Å². The van der Waals surface area contributed by atoms with Crippen LogP contribution >= 0.6 is 7.82 Å². The number of rotatable bonds is 4. The first-order valence-corrected chi connectivity index (χ1v) is 5.09. The Bertz CT molecular complexity index is 276. The summed E-state index contributed by atoms with van der Waals surface area (Å²) in [6.07, 6.45) is 4.30. The molecule has 0 aromatic heterocycles. The Morgan fingerprint density at radius 2 is 1.62 bits per heavy atom. The largest absolute Gasteiger partial charge is 0.604 e. The molecule has 0 unspecified atom stereocenters. The molecule has 0 saturated heterocycles. The molecule has 0 spiro atoms. The third-order valence-electron chi connectivity index (χ3n) is 0.806. The second kappa shape index (κ2) is 6.43. The maximum Gasteiger partial charge on any atom is 0.604 e. The van der Waals surface area contributed by atoms with Crippen LogP contribution in [0.1, 0.15) is 20.8 Å². The molecule has 72 valence electrons. The van der Waals surface area contributed by atoms with Gasteiger partial charge in [0, 0.05) is 13.8 Å². The molecule has 0 aromatic carbocycles. The van der Waals surface area contributed by atoms with Crippen LogP contribution in [0.25, 0.3) is 0 Å². The number of phosphoric acid groups is 1. The van der Waals surface area contributed by atoms with Gasteiger partial charge in [0.1, 0.15) is 12.2 Å². The van der Waals surface area contributed by atoms with Gasteiger partial charge in [0.2, 0.25) is 0 Å². The van der Waals surface area contributed by atoms with Gasteiger partial charge < -0.3 is 9.05 Å². The van der Waals surface area contributed by atoms with E-state index in [1.165, 1.54) is 0 Å². The van der Waals surface area contributed by atoms with Gasteiger partial charge in [-0.25, -0.2) is 4.57 Å². The smallest absolute Gasteiger partial charge is 0.341 e. The Morgan fingerprint density at radius 1 is 1.15 bits per heavy atom. The molecule has 0 atom stereocenters.